The third-order valence-corrected chi connectivity index (χ3v) is 5.75. The smallest absolute Gasteiger partial charge is 0.258 e. The predicted octanol–water partition coefficient (Wildman–Crippen LogP) is 3.56. The number of carbonyl (C=O) groups excluding carboxylic acids is 1. The quantitative estimate of drug-likeness (QED) is 0.667. The van der Waals surface area contributed by atoms with Gasteiger partial charge in [-0.15, -0.1) is 0 Å². The summed E-state index contributed by atoms with van der Waals surface area (Å²) in [4.78, 5) is 22.8. The number of nitrogens with zero attached hydrogens (tertiary/aromatic N) is 2. The topological polar surface area (TPSA) is 87.0 Å². The fourth-order valence-corrected chi connectivity index (χ4v) is 4.02. The van der Waals surface area contributed by atoms with E-state index in [2.05, 4.69) is 15.3 Å². The van der Waals surface area contributed by atoms with Crippen LogP contribution in [-0.4, -0.2) is 33.4 Å². The van der Waals surface area contributed by atoms with E-state index in [9.17, 15) is 4.79 Å². The molecule has 0 atom stereocenters. The summed E-state index contributed by atoms with van der Waals surface area (Å²) in [6.07, 6.45) is 4.67. The Labute approximate surface area is 157 Å². The van der Waals surface area contributed by atoms with Crippen LogP contribution in [0.25, 0.3) is 11.3 Å². The molecule has 1 saturated carbocycles. The predicted molar refractivity (Wildman–Crippen MR) is 106 cm³/mol. The number of hydrogen-bond acceptors (Lipinski definition) is 4. The number of H-pyrrole nitrogens is 1. The van der Waals surface area contributed by atoms with Crippen LogP contribution in [0.15, 0.2) is 48.7 Å². The molecule has 1 aromatic carbocycles. The average molecular weight is 359 g/mol. The zero-order valence-corrected chi connectivity index (χ0v) is 15.1. The van der Waals surface area contributed by atoms with E-state index < -0.39 is 0 Å². The number of para-hydroxylation sites is 1. The highest BCUT2D eigenvalue weighted by Gasteiger charge is 2.53. The molecule has 2 aromatic heterocycles. The molecule has 5 rings (SSSR count). The summed E-state index contributed by atoms with van der Waals surface area (Å²) >= 11 is 0. The second-order valence-electron chi connectivity index (χ2n) is 7.45. The number of aromatic nitrogens is 2. The van der Waals surface area contributed by atoms with Gasteiger partial charge in [0.2, 0.25) is 0 Å². The molecule has 3 aromatic rings. The van der Waals surface area contributed by atoms with Crippen molar-refractivity contribution >= 4 is 23.1 Å². The Kier molecular flexibility index (Phi) is 3.31. The van der Waals surface area contributed by atoms with Gasteiger partial charge in [0.25, 0.3) is 5.91 Å². The lowest BCUT2D eigenvalue weighted by Gasteiger charge is -2.33. The monoisotopic (exact) mass is 359 g/mol. The van der Waals surface area contributed by atoms with Crippen molar-refractivity contribution in [2.75, 3.05) is 18.1 Å². The van der Waals surface area contributed by atoms with Crippen LogP contribution in [0.3, 0.4) is 0 Å². The summed E-state index contributed by atoms with van der Waals surface area (Å²) in [6, 6.07) is 13.6. The minimum atomic E-state index is -0.00645. The Hall–Kier alpha value is -3.28. The Morgan fingerprint density at radius 1 is 1.22 bits per heavy atom. The first-order valence-electron chi connectivity index (χ1n) is 9.14. The molecule has 1 amide bonds. The van der Waals surface area contributed by atoms with Gasteiger partial charge in [0.1, 0.15) is 5.82 Å². The van der Waals surface area contributed by atoms with Crippen LogP contribution in [0, 0.1) is 0 Å². The van der Waals surface area contributed by atoms with Crippen molar-refractivity contribution in [1.29, 1.82) is 0 Å². The van der Waals surface area contributed by atoms with E-state index in [4.69, 9.17) is 5.73 Å². The normalized spacial score (nSPS) is 17.1. The first kappa shape index (κ1) is 15.9. The Bertz CT molecular complexity index is 1040. The van der Waals surface area contributed by atoms with Crippen LogP contribution < -0.4 is 11.1 Å². The van der Waals surface area contributed by atoms with Crippen molar-refractivity contribution in [3.8, 4) is 11.3 Å². The molecule has 0 radical (unpaired) electrons. The molecule has 1 fully saturated rings. The summed E-state index contributed by atoms with van der Waals surface area (Å²) < 4.78 is 0. The number of nitrogens with two attached hydrogens (primary N) is 1. The second-order valence-corrected chi connectivity index (χ2v) is 7.45. The van der Waals surface area contributed by atoms with Crippen molar-refractivity contribution in [2.45, 2.75) is 24.8 Å². The SMILES string of the molecule is CN1C(=O)c2c([nH]c(-c3ccnc(N)c3)c2Nc2ccccc2)CC12CC2. The third-order valence-electron chi connectivity index (χ3n) is 5.75. The summed E-state index contributed by atoms with van der Waals surface area (Å²) in [5.74, 6) is 0.518. The maximum absolute atomic E-state index is 13.2. The molecule has 136 valence electrons. The molecule has 0 bridgehead atoms. The van der Waals surface area contributed by atoms with Gasteiger partial charge < -0.3 is 20.9 Å². The van der Waals surface area contributed by atoms with Gasteiger partial charge in [-0.1, -0.05) is 18.2 Å². The Balaban J connectivity index is 1.69. The number of amides is 1. The number of carbonyl (C=O) groups is 1. The summed E-state index contributed by atoms with van der Waals surface area (Å²) in [6.45, 7) is 0. The fourth-order valence-electron chi connectivity index (χ4n) is 4.02. The number of benzene rings is 1. The van der Waals surface area contributed by atoms with Crippen molar-refractivity contribution in [2.24, 2.45) is 0 Å². The summed E-state index contributed by atoms with van der Waals surface area (Å²) in [7, 11) is 1.92. The number of likely N-dealkylation sites (N-methyl/N-ethyl adjacent to an activating group) is 1. The second kappa shape index (κ2) is 5.61. The first-order valence-corrected chi connectivity index (χ1v) is 9.14. The van der Waals surface area contributed by atoms with Gasteiger partial charge in [-0.05, 0) is 37.1 Å². The average Bonchev–Trinajstić information content (AvgIpc) is 3.36. The lowest BCUT2D eigenvalue weighted by molar-refractivity contribution is 0.0681. The van der Waals surface area contributed by atoms with E-state index in [-0.39, 0.29) is 11.4 Å². The Morgan fingerprint density at radius 3 is 2.70 bits per heavy atom. The largest absolute Gasteiger partial charge is 0.384 e. The van der Waals surface area contributed by atoms with Gasteiger partial charge in [0.05, 0.1) is 16.9 Å². The van der Waals surface area contributed by atoms with Crippen LogP contribution >= 0.6 is 0 Å². The number of nitrogens with one attached hydrogen (secondary N) is 2. The highest BCUT2D eigenvalue weighted by molar-refractivity contribution is 6.06. The van der Waals surface area contributed by atoms with Gasteiger partial charge in [-0.25, -0.2) is 4.98 Å². The maximum atomic E-state index is 13.2. The van der Waals surface area contributed by atoms with Gasteiger partial charge in [-0.2, -0.15) is 0 Å². The van der Waals surface area contributed by atoms with Gasteiger partial charge in [-0.3, -0.25) is 4.79 Å². The molecule has 2 aliphatic rings. The highest BCUT2D eigenvalue weighted by Crippen LogP contribution is 2.50. The van der Waals surface area contributed by atoms with E-state index in [1.54, 1.807) is 6.20 Å². The minimum Gasteiger partial charge on any atom is -0.384 e. The maximum Gasteiger partial charge on any atom is 0.258 e. The van der Waals surface area contributed by atoms with E-state index in [1.165, 1.54) is 0 Å². The van der Waals surface area contributed by atoms with Gasteiger partial charge >= 0.3 is 0 Å². The number of nitrogen functional groups attached to an aromatic ring is 1. The van der Waals surface area contributed by atoms with Crippen LogP contribution in [0.1, 0.15) is 28.9 Å². The van der Waals surface area contributed by atoms with Crippen molar-refractivity contribution in [3.05, 3.63) is 59.9 Å². The van der Waals surface area contributed by atoms with Crippen molar-refractivity contribution in [3.63, 3.8) is 0 Å². The molecule has 3 heterocycles. The third kappa shape index (κ3) is 2.48. The summed E-state index contributed by atoms with van der Waals surface area (Å²) in [5.41, 5.74) is 11.1. The first-order chi connectivity index (χ1) is 13.1. The van der Waals surface area contributed by atoms with E-state index in [0.717, 1.165) is 53.2 Å². The van der Waals surface area contributed by atoms with E-state index in [0.29, 0.717) is 5.82 Å². The molecule has 1 aliphatic carbocycles. The zero-order valence-electron chi connectivity index (χ0n) is 15.1. The lowest BCUT2D eigenvalue weighted by atomic mass is 9.97. The Morgan fingerprint density at radius 2 is 2.00 bits per heavy atom. The highest BCUT2D eigenvalue weighted by atomic mass is 16.2. The van der Waals surface area contributed by atoms with Crippen molar-refractivity contribution < 1.29 is 4.79 Å². The van der Waals surface area contributed by atoms with Gasteiger partial charge in [0.15, 0.2) is 0 Å². The summed E-state index contributed by atoms with van der Waals surface area (Å²) in [5, 5.41) is 3.46. The van der Waals surface area contributed by atoms with E-state index >= 15 is 0 Å². The van der Waals surface area contributed by atoms with Crippen LogP contribution in [0.2, 0.25) is 0 Å². The van der Waals surface area contributed by atoms with Crippen LogP contribution in [0.5, 0.6) is 0 Å². The zero-order chi connectivity index (χ0) is 18.6. The molecule has 27 heavy (non-hydrogen) atoms. The molecule has 0 saturated heterocycles. The number of rotatable bonds is 3. The fraction of sp³-hybridized carbons (Fsp3) is 0.238. The molecular weight excluding hydrogens is 338 g/mol. The lowest BCUT2D eigenvalue weighted by Crippen LogP contribution is -2.44. The molecule has 1 spiro atoms. The number of fused-ring (bicyclic) bond motifs is 1. The molecule has 1 aliphatic heterocycles. The molecule has 6 heteroatoms. The number of anilines is 3. The standard InChI is InChI=1S/C21H21N5O/c1-26-20(27)17-15(12-21(26)8-9-21)25-18(13-7-10-23-16(22)11-13)19(17)24-14-5-3-2-4-6-14/h2-7,10-11,24-25H,8-9,12H2,1H3,(H2,22,23). The van der Waals surface area contributed by atoms with Crippen LogP contribution in [0.4, 0.5) is 17.2 Å². The molecule has 6 nitrogen and oxygen atoms in total. The number of aromatic amines is 1. The molecular formula is C21H21N5O. The van der Waals surface area contributed by atoms with Crippen LogP contribution in [-0.2, 0) is 6.42 Å². The van der Waals surface area contributed by atoms with Crippen molar-refractivity contribution in [1.82, 2.24) is 14.9 Å². The molecule has 4 N–H and O–H groups in total. The minimum absolute atomic E-state index is 0.00645. The number of hydrogen-bond donors (Lipinski definition) is 3. The van der Waals surface area contributed by atoms with E-state index in [1.807, 2.05) is 54.4 Å². The van der Waals surface area contributed by atoms with Gasteiger partial charge in [0, 0.05) is 42.1 Å². The number of pyridine rings is 1. The molecule has 0 unspecified atom stereocenters.